The van der Waals surface area contributed by atoms with Crippen LogP contribution in [0.1, 0.15) is 78.6 Å². The molecule has 4 N–H and O–H groups in total. The molecule has 1 aliphatic carbocycles. The van der Waals surface area contributed by atoms with Gasteiger partial charge >= 0.3 is 5.97 Å². The second-order valence-corrected chi connectivity index (χ2v) is 11.3. The van der Waals surface area contributed by atoms with E-state index in [-0.39, 0.29) is 60.4 Å². The third-order valence-corrected chi connectivity index (χ3v) is 7.98. The molecule has 6 atom stereocenters. The van der Waals surface area contributed by atoms with Crippen molar-refractivity contribution in [3.63, 3.8) is 0 Å². The van der Waals surface area contributed by atoms with Crippen LogP contribution in [0.2, 0.25) is 0 Å². The molecule has 0 radical (unpaired) electrons. The largest absolute Gasteiger partial charge is 0.460 e. The van der Waals surface area contributed by atoms with Crippen LogP contribution in [-0.4, -0.2) is 80.6 Å². The van der Waals surface area contributed by atoms with Crippen molar-refractivity contribution >= 4 is 17.8 Å². The van der Waals surface area contributed by atoms with Gasteiger partial charge in [0.15, 0.2) is 0 Å². The molecule has 2 amide bonds. The maximum Gasteiger partial charge on any atom is 0.306 e. The maximum absolute atomic E-state index is 12.7. The summed E-state index contributed by atoms with van der Waals surface area (Å²) in [7, 11) is 1.69. The molecule has 0 aromatic heterocycles. The Morgan fingerprint density at radius 1 is 1.11 bits per heavy atom. The van der Waals surface area contributed by atoms with Crippen molar-refractivity contribution in [2.75, 3.05) is 33.4 Å². The molecular formula is C28H47N3O7. The highest BCUT2D eigenvalue weighted by Gasteiger charge is 2.72. The van der Waals surface area contributed by atoms with Gasteiger partial charge in [-0.3, -0.25) is 19.7 Å². The molecule has 2 saturated heterocycles. The van der Waals surface area contributed by atoms with E-state index in [4.69, 9.17) is 24.7 Å². The number of rotatable bonds is 17. The maximum atomic E-state index is 12.7. The van der Waals surface area contributed by atoms with Gasteiger partial charge in [-0.15, -0.1) is 0 Å². The lowest BCUT2D eigenvalue weighted by atomic mass is 9.68. The summed E-state index contributed by atoms with van der Waals surface area (Å²) in [6.45, 7) is 7.70. The molecule has 216 valence electrons. The van der Waals surface area contributed by atoms with Gasteiger partial charge in [0, 0.05) is 20.1 Å². The minimum atomic E-state index is -0.490. The number of primary amides is 1. The molecule has 0 bridgehead atoms. The molecule has 2 heterocycles. The summed E-state index contributed by atoms with van der Waals surface area (Å²) in [5.41, 5.74) is 5.73. The van der Waals surface area contributed by atoms with Crippen LogP contribution in [-0.2, 0) is 33.3 Å². The molecule has 0 aromatic rings. The van der Waals surface area contributed by atoms with Gasteiger partial charge in [-0.05, 0) is 52.9 Å². The SMILES string of the molecule is COC1C(OC(=O)CCCCCCCNC(=O)CNCC(N)=O)CC[C@]2(CO2)C1C1(C)O[C@@H]1CC=C(C)C. The van der Waals surface area contributed by atoms with E-state index in [1.54, 1.807) is 7.11 Å². The lowest BCUT2D eigenvalue weighted by Gasteiger charge is -2.42. The molecule has 1 saturated carbocycles. The van der Waals surface area contributed by atoms with E-state index in [0.29, 0.717) is 19.6 Å². The second-order valence-electron chi connectivity index (χ2n) is 11.3. The fraction of sp³-hybridized carbons (Fsp3) is 0.821. The quantitative estimate of drug-likeness (QED) is 0.111. The number of amides is 2. The van der Waals surface area contributed by atoms with Crippen molar-refractivity contribution in [1.29, 1.82) is 0 Å². The minimum Gasteiger partial charge on any atom is -0.460 e. The standard InChI is InChI=1S/C28H47N3O7/c1-19(2)11-12-21-27(3,38-21)26-25(35-4)20(13-14-28(26)18-36-28)37-24(34)10-8-6-5-7-9-15-31-23(33)17-30-16-22(29)32/h11,20-21,25-26,30H,5-10,12-18H2,1-4H3,(H2,29,32)(H,31,33)/t20?,21-,25?,26?,27?,28+/m1/s1. The van der Waals surface area contributed by atoms with Crippen LogP contribution >= 0.6 is 0 Å². The number of ether oxygens (including phenoxy) is 4. The number of carbonyl (C=O) groups is 3. The zero-order chi connectivity index (χ0) is 27.8. The summed E-state index contributed by atoms with van der Waals surface area (Å²) in [6, 6.07) is 0. The van der Waals surface area contributed by atoms with Crippen molar-refractivity contribution in [3.05, 3.63) is 11.6 Å². The van der Waals surface area contributed by atoms with E-state index in [0.717, 1.165) is 51.4 Å². The van der Waals surface area contributed by atoms with Crippen molar-refractivity contribution in [1.82, 2.24) is 10.6 Å². The number of unbranched alkanes of at least 4 members (excludes halogenated alkanes) is 4. The first-order valence-electron chi connectivity index (χ1n) is 14.0. The number of epoxide rings is 2. The van der Waals surface area contributed by atoms with Crippen LogP contribution in [0.15, 0.2) is 11.6 Å². The predicted molar refractivity (Wildman–Crippen MR) is 142 cm³/mol. The summed E-state index contributed by atoms with van der Waals surface area (Å²) < 4.78 is 24.1. The first kappa shape index (κ1) is 30.5. The highest BCUT2D eigenvalue weighted by Crippen LogP contribution is 2.59. The van der Waals surface area contributed by atoms with Crippen LogP contribution in [0.4, 0.5) is 0 Å². The van der Waals surface area contributed by atoms with Gasteiger partial charge in [0.2, 0.25) is 11.8 Å². The monoisotopic (exact) mass is 537 g/mol. The average molecular weight is 538 g/mol. The minimum absolute atomic E-state index is 0.0105. The summed E-state index contributed by atoms with van der Waals surface area (Å²) in [5, 5.41) is 5.48. The van der Waals surface area contributed by atoms with Gasteiger partial charge < -0.3 is 30.0 Å². The van der Waals surface area contributed by atoms with E-state index >= 15 is 0 Å². The normalized spacial score (nSPS) is 31.5. The molecule has 38 heavy (non-hydrogen) atoms. The highest BCUT2D eigenvalue weighted by atomic mass is 16.6. The Morgan fingerprint density at radius 2 is 1.82 bits per heavy atom. The number of allylic oxidation sites excluding steroid dienone is 1. The van der Waals surface area contributed by atoms with Crippen LogP contribution in [0, 0.1) is 5.92 Å². The molecule has 2 aliphatic heterocycles. The van der Waals surface area contributed by atoms with Crippen LogP contribution in [0.3, 0.4) is 0 Å². The summed E-state index contributed by atoms with van der Waals surface area (Å²) >= 11 is 0. The summed E-state index contributed by atoms with van der Waals surface area (Å²) in [4.78, 5) is 34.9. The smallest absolute Gasteiger partial charge is 0.306 e. The van der Waals surface area contributed by atoms with Gasteiger partial charge in [-0.25, -0.2) is 0 Å². The van der Waals surface area contributed by atoms with Crippen LogP contribution in [0.5, 0.6) is 0 Å². The van der Waals surface area contributed by atoms with E-state index in [1.165, 1.54) is 5.57 Å². The Balaban J connectivity index is 1.33. The lowest BCUT2D eigenvalue weighted by Crippen LogP contribution is -2.55. The highest BCUT2D eigenvalue weighted by molar-refractivity contribution is 5.80. The number of hydrogen-bond donors (Lipinski definition) is 3. The summed E-state index contributed by atoms with van der Waals surface area (Å²) in [5.74, 6) is -0.794. The number of esters is 1. The molecule has 4 unspecified atom stereocenters. The van der Waals surface area contributed by atoms with E-state index < -0.39 is 5.91 Å². The third-order valence-electron chi connectivity index (χ3n) is 7.98. The van der Waals surface area contributed by atoms with Crippen molar-refractivity contribution in [2.45, 2.75) is 108 Å². The van der Waals surface area contributed by atoms with E-state index in [2.05, 4.69) is 37.5 Å². The predicted octanol–water partition coefficient (Wildman–Crippen LogP) is 2.14. The summed E-state index contributed by atoms with van der Waals surface area (Å²) in [6.07, 6.45) is 9.15. The van der Waals surface area contributed by atoms with Gasteiger partial charge in [0.1, 0.15) is 23.4 Å². The van der Waals surface area contributed by atoms with Crippen molar-refractivity contribution in [3.8, 4) is 0 Å². The topological polar surface area (TPSA) is 145 Å². The van der Waals surface area contributed by atoms with Gasteiger partial charge in [0.25, 0.3) is 0 Å². The van der Waals surface area contributed by atoms with E-state index in [9.17, 15) is 14.4 Å². The molecular weight excluding hydrogens is 490 g/mol. The number of nitrogens with one attached hydrogen (secondary N) is 2. The first-order valence-corrected chi connectivity index (χ1v) is 14.0. The van der Waals surface area contributed by atoms with E-state index in [1.807, 2.05) is 0 Å². The second kappa shape index (κ2) is 13.9. The van der Waals surface area contributed by atoms with Crippen molar-refractivity contribution in [2.24, 2.45) is 11.7 Å². The Hall–Kier alpha value is -2.01. The Kier molecular flexibility index (Phi) is 11.1. The van der Waals surface area contributed by atoms with Crippen LogP contribution in [0.25, 0.3) is 0 Å². The Morgan fingerprint density at radius 3 is 2.47 bits per heavy atom. The number of methoxy groups -OCH3 is 1. The van der Waals surface area contributed by atoms with Gasteiger partial charge in [0.05, 0.1) is 31.7 Å². The number of nitrogens with two attached hydrogens (primary N) is 1. The molecule has 1 spiro atoms. The van der Waals surface area contributed by atoms with Crippen molar-refractivity contribution < 1.29 is 33.3 Å². The molecule has 3 rings (SSSR count). The Labute approximate surface area is 226 Å². The zero-order valence-electron chi connectivity index (χ0n) is 23.5. The molecule has 0 aromatic carbocycles. The van der Waals surface area contributed by atoms with Gasteiger partial charge in [-0.1, -0.05) is 30.9 Å². The molecule has 10 heteroatoms. The molecule has 3 fully saturated rings. The van der Waals surface area contributed by atoms with Gasteiger partial charge in [-0.2, -0.15) is 0 Å². The molecule has 3 aliphatic rings. The van der Waals surface area contributed by atoms with Crippen LogP contribution < -0.4 is 16.4 Å². The first-order chi connectivity index (χ1) is 18.1. The Bertz CT molecular complexity index is 855. The third kappa shape index (κ3) is 8.49. The number of carbonyl (C=O) groups excluding carboxylic acids is 3. The average Bonchev–Trinajstić information content (AvgIpc) is 3.77. The number of hydrogen-bond acceptors (Lipinski definition) is 8. The fourth-order valence-electron chi connectivity index (χ4n) is 5.81. The fourth-order valence-corrected chi connectivity index (χ4v) is 5.81. The molecule has 10 nitrogen and oxygen atoms in total. The zero-order valence-corrected chi connectivity index (χ0v) is 23.5. The lowest BCUT2D eigenvalue weighted by molar-refractivity contribution is -0.172.